The first-order valence-electron chi connectivity index (χ1n) is 13.6. The molecule has 1 saturated heterocycles. The number of imide groups is 1. The molecule has 8 atom stereocenters. The Bertz CT molecular complexity index is 1200. The van der Waals surface area contributed by atoms with E-state index in [4.69, 9.17) is 0 Å². The first kappa shape index (κ1) is 23.7. The number of carbonyl (C=O) groups excluding carboxylic acids is 2. The molecular formula is C30H37NO5. The van der Waals surface area contributed by atoms with E-state index in [1.165, 1.54) is 16.5 Å². The van der Waals surface area contributed by atoms with Crippen molar-refractivity contribution in [3.05, 3.63) is 35.9 Å². The lowest BCUT2D eigenvalue weighted by molar-refractivity contribution is -0.194. The molecule has 1 aliphatic heterocycles. The highest BCUT2D eigenvalue weighted by Crippen LogP contribution is 2.74. The third-order valence-electron chi connectivity index (χ3n) is 11.2. The maximum absolute atomic E-state index is 14.2. The number of nitrogens with zero attached hydrogens (tertiary/aromatic N) is 1. The van der Waals surface area contributed by atoms with Crippen LogP contribution in [0, 0.1) is 51.8 Å². The van der Waals surface area contributed by atoms with Gasteiger partial charge in [-0.3, -0.25) is 14.4 Å². The first-order chi connectivity index (χ1) is 17.0. The van der Waals surface area contributed by atoms with Gasteiger partial charge in [0, 0.05) is 11.5 Å². The van der Waals surface area contributed by atoms with Crippen LogP contribution in [0.5, 0.6) is 5.75 Å². The van der Waals surface area contributed by atoms with Crippen molar-refractivity contribution in [3.63, 3.8) is 0 Å². The van der Waals surface area contributed by atoms with Crippen LogP contribution in [0.4, 0.5) is 5.69 Å². The smallest absolute Gasteiger partial charge is 0.309 e. The van der Waals surface area contributed by atoms with Crippen molar-refractivity contribution in [2.45, 2.75) is 66.2 Å². The summed E-state index contributed by atoms with van der Waals surface area (Å²) in [5.41, 5.74) is 0.366. The molecule has 36 heavy (non-hydrogen) atoms. The van der Waals surface area contributed by atoms with Crippen LogP contribution in [0.25, 0.3) is 0 Å². The number of carbonyl (C=O) groups is 3. The van der Waals surface area contributed by atoms with Crippen LogP contribution in [-0.4, -0.2) is 28.0 Å². The Kier molecular flexibility index (Phi) is 4.92. The quantitative estimate of drug-likeness (QED) is 0.436. The minimum atomic E-state index is -0.752. The number of benzene rings is 1. The topological polar surface area (TPSA) is 94.9 Å². The number of aromatic hydroxyl groups is 1. The van der Waals surface area contributed by atoms with Crippen molar-refractivity contribution >= 4 is 23.5 Å². The molecule has 1 aromatic rings. The fraction of sp³-hybridized carbons (Fsp3) is 0.633. The number of amides is 2. The molecule has 1 spiro atoms. The molecule has 6 heteroatoms. The predicted octanol–water partition coefficient (Wildman–Crippen LogP) is 5.41. The van der Waals surface area contributed by atoms with Crippen molar-refractivity contribution in [1.29, 1.82) is 0 Å². The third-order valence-corrected chi connectivity index (χ3v) is 11.2. The average molecular weight is 492 g/mol. The Hall–Kier alpha value is -2.63. The van der Waals surface area contributed by atoms with Crippen LogP contribution < -0.4 is 4.90 Å². The molecule has 1 heterocycles. The van der Waals surface area contributed by atoms with Crippen LogP contribution in [0.1, 0.15) is 66.2 Å². The van der Waals surface area contributed by atoms with E-state index in [0.29, 0.717) is 12.1 Å². The van der Waals surface area contributed by atoms with Crippen LogP contribution in [0.3, 0.4) is 0 Å². The van der Waals surface area contributed by atoms with Crippen molar-refractivity contribution in [2.24, 2.45) is 51.8 Å². The van der Waals surface area contributed by atoms with Gasteiger partial charge in [-0.05, 0) is 80.2 Å². The summed E-state index contributed by atoms with van der Waals surface area (Å²) in [6.07, 6.45) is 7.30. The van der Waals surface area contributed by atoms with Crippen LogP contribution in [0.2, 0.25) is 0 Å². The van der Waals surface area contributed by atoms with Gasteiger partial charge in [0.25, 0.3) is 0 Å². The summed E-state index contributed by atoms with van der Waals surface area (Å²) in [6, 6.07) is 6.43. The van der Waals surface area contributed by atoms with Crippen LogP contribution >= 0.6 is 0 Å². The predicted molar refractivity (Wildman–Crippen MR) is 135 cm³/mol. The van der Waals surface area contributed by atoms with Crippen molar-refractivity contribution in [3.8, 4) is 5.75 Å². The van der Waals surface area contributed by atoms with Crippen LogP contribution in [-0.2, 0) is 14.4 Å². The molecule has 6 aliphatic rings. The first-order valence-corrected chi connectivity index (χ1v) is 13.6. The molecule has 6 nitrogen and oxygen atoms in total. The third kappa shape index (κ3) is 2.76. The van der Waals surface area contributed by atoms with E-state index in [9.17, 15) is 24.6 Å². The van der Waals surface area contributed by atoms with E-state index in [0.717, 1.165) is 32.1 Å². The van der Waals surface area contributed by atoms with Gasteiger partial charge in [0.1, 0.15) is 5.75 Å². The van der Waals surface area contributed by atoms with Crippen molar-refractivity contribution in [2.75, 3.05) is 4.90 Å². The van der Waals surface area contributed by atoms with Gasteiger partial charge in [-0.15, -0.1) is 0 Å². The summed E-state index contributed by atoms with van der Waals surface area (Å²) in [7, 11) is 0. The number of phenols is 1. The molecule has 1 aromatic carbocycles. The number of allylic oxidation sites excluding steroid dienone is 2. The SMILES string of the molecule is CC(C)C1=C[C@@]23CC[C@H]4[C@](C)(CCC[C@@]4(C)C(=O)O)[C@@H]2C[C@H]1[C@H]1C(=O)N(c2cccc(O)c2)C(=O)[C@H]13. The highest BCUT2D eigenvalue weighted by molar-refractivity contribution is 6.23. The molecule has 3 saturated carbocycles. The van der Waals surface area contributed by atoms with E-state index in [-0.39, 0.29) is 52.6 Å². The number of hydrogen-bond acceptors (Lipinski definition) is 4. The summed E-state index contributed by atoms with van der Waals surface area (Å²) >= 11 is 0. The molecular weight excluding hydrogens is 454 g/mol. The Morgan fingerprint density at radius 3 is 2.50 bits per heavy atom. The largest absolute Gasteiger partial charge is 0.508 e. The Morgan fingerprint density at radius 2 is 1.83 bits per heavy atom. The summed E-state index contributed by atoms with van der Waals surface area (Å²) in [5, 5.41) is 20.3. The summed E-state index contributed by atoms with van der Waals surface area (Å²) in [6.45, 7) is 8.58. The molecule has 0 aromatic heterocycles. The Balaban J connectivity index is 1.50. The fourth-order valence-electron chi connectivity index (χ4n) is 9.84. The second-order valence-electron chi connectivity index (χ2n) is 13.0. The normalized spacial score (nSPS) is 43.2. The second kappa shape index (κ2) is 7.45. The number of hydrogen-bond donors (Lipinski definition) is 2. The number of carboxylic acids is 1. The van der Waals surface area contributed by atoms with E-state index < -0.39 is 22.7 Å². The van der Waals surface area contributed by atoms with Gasteiger partial charge in [0.15, 0.2) is 0 Å². The van der Waals surface area contributed by atoms with Crippen molar-refractivity contribution < 1.29 is 24.6 Å². The molecule has 2 bridgehead atoms. The highest BCUT2D eigenvalue weighted by atomic mass is 16.4. The second-order valence-corrected chi connectivity index (χ2v) is 13.0. The minimum Gasteiger partial charge on any atom is -0.508 e. The van der Waals surface area contributed by atoms with E-state index >= 15 is 0 Å². The minimum absolute atomic E-state index is 0.00535. The molecule has 192 valence electrons. The molecule has 2 amide bonds. The molecule has 5 aliphatic carbocycles. The monoisotopic (exact) mass is 491 g/mol. The van der Waals surface area contributed by atoms with Gasteiger partial charge >= 0.3 is 5.97 Å². The summed E-state index contributed by atoms with van der Waals surface area (Å²) < 4.78 is 0. The Morgan fingerprint density at radius 1 is 1.08 bits per heavy atom. The zero-order chi connectivity index (χ0) is 25.8. The molecule has 0 radical (unpaired) electrons. The summed E-state index contributed by atoms with van der Waals surface area (Å²) in [5.74, 6) is -1.24. The molecule has 7 rings (SSSR count). The zero-order valence-electron chi connectivity index (χ0n) is 21.7. The number of rotatable bonds is 3. The fourth-order valence-corrected chi connectivity index (χ4v) is 9.84. The maximum atomic E-state index is 14.2. The highest BCUT2D eigenvalue weighted by Gasteiger charge is 2.73. The number of aliphatic carboxylic acids is 1. The number of anilines is 1. The lowest BCUT2D eigenvalue weighted by Crippen LogP contribution is -2.65. The molecule has 0 unspecified atom stereocenters. The van der Waals surface area contributed by atoms with Gasteiger partial charge in [-0.2, -0.15) is 0 Å². The standard InChI is InChI=1S/C30H37NO5/c1-16(2)20-15-30-12-9-21-28(3,10-6-11-29(21,4)27(35)36)22(30)14-19(20)23-24(30)26(34)31(25(23)33)17-7-5-8-18(32)13-17/h5,7-8,13,15-16,19,21-24,32H,6,9-12,14H2,1-4H3,(H,35,36)/t19-,21+,22+,23-,24+,28+,29-,30+/m1/s1. The average Bonchev–Trinajstić information content (AvgIpc) is 3.10. The van der Waals surface area contributed by atoms with Gasteiger partial charge in [-0.25, -0.2) is 4.90 Å². The van der Waals surface area contributed by atoms with Crippen molar-refractivity contribution in [1.82, 2.24) is 0 Å². The zero-order valence-corrected chi connectivity index (χ0v) is 21.7. The number of phenolic OH excluding ortho intramolecular Hbond substituents is 1. The Labute approximate surface area is 212 Å². The number of fused-ring (bicyclic) bond motifs is 1. The maximum Gasteiger partial charge on any atom is 0.309 e. The molecule has 4 fully saturated rings. The van der Waals surface area contributed by atoms with Crippen LogP contribution in [0.15, 0.2) is 35.9 Å². The van der Waals surface area contributed by atoms with Gasteiger partial charge in [0.2, 0.25) is 11.8 Å². The summed E-state index contributed by atoms with van der Waals surface area (Å²) in [4.78, 5) is 42.0. The van der Waals surface area contributed by atoms with E-state index in [1.54, 1.807) is 18.2 Å². The van der Waals surface area contributed by atoms with Gasteiger partial charge < -0.3 is 10.2 Å². The lowest BCUT2D eigenvalue weighted by atomic mass is 9.34. The number of carboxylic acid groups (broad SMARTS) is 1. The van der Waals surface area contributed by atoms with E-state index in [2.05, 4.69) is 26.8 Å². The molecule has 2 N–H and O–H groups in total. The van der Waals surface area contributed by atoms with E-state index in [1.807, 2.05) is 6.92 Å². The lowest BCUT2D eigenvalue weighted by Gasteiger charge is -2.68. The van der Waals surface area contributed by atoms with Gasteiger partial charge in [0.05, 0.1) is 22.9 Å². The van der Waals surface area contributed by atoms with Gasteiger partial charge in [-0.1, -0.05) is 44.9 Å².